The van der Waals surface area contributed by atoms with Crippen LogP contribution in [-0.4, -0.2) is 29.7 Å². The van der Waals surface area contributed by atoms with Crippen LogP contribution in [0.2, 0.25) is 0 Å². The largest absolute Gasteiger partial charge is 0.399 e. The molecule has 0 aliphatic rings. The molecule has 0 unspecified atom stereocenters. The average molecular weight is 220 g/mol. The summed E-state index contributed by atoms with van der Waals surface area (Å²) in [6.45, 7) is 8.12. The maximum absolute atomic E-state index is 8.96. The van der Waals surface area contributed by atoms with Crippen LogP contribution in [0.5, 0.6) is 0 Å². The van der Waals surface area contributed by atoms with E-state index in [1.165, 1.54) is 5.56 Å². The van der Waals surface area contributed by atoms with Gasteiger partial charge in [0.2, 0.25) is 0 Å². The quantitative estimate of drug-likeness (QED) is 0.565. The van der Waals surface area contributed by atoms with E-state index in [0.29, 0.717) is 6.54 Å². The highest BCUT2D eigenvalue weighted by Gasteiger charge is 2.06. The fourth-order valence-corrected chi connectivity index (χ4v) is 1.67. The first kappa shape index (κ1) is 12.7. The van der Waals surface area contributed by atoms with E-state index in [4.69, 9.17) is 10.8 Å². The molecule has 0 aliphatic heterocycles. The van der Waals surface area contributed by atoms with E-state index >= 15 is 0 Å². The Morgan fingerprint density at radius 2 is 2.25 bits per heavy atom. The van der Waals surface area contributed by atoms with Crippen LogP contribution < -0.4 is 5.73 Å². The number of nitrogen functional groups attached to an aromatic ring is 1. The Kier molecular flexibility index (Phi) is 5.02. The Labute approximate surface area is 97.2 Å². The summed E-state index contributed by atoms with van der Waals surface area (Å²) in [5, 5.41) is 8.96. The van der Waals surface area contributed by atoms with Crippen LogP contribution in [-0.2, 0) is 6.54 Å². The van der Waals surface area contributed by atoms with Gasteiger partial charge in [-0.25, -0.2) is 0 Å². The minimum atomic E-state index is 0.162. The predicted molar refractivity (Wildman–Crippen MR) is 68.2 cm³/mol. The second-order valence-corrected chi connectivity index (χ2v) is 3.88. The Morgan fingerprint density at radius 3 is 2.88 bits per heavy atom. The molecule has 3 heteroatoms. The molecule has 0 heterocycles. The molecule has 0 amide bonds. The van der Waals surface area contributed by atoms with Crippen molar-refractivity contribution in [2.45, 2.75) is 13.5 Å². The fraction of sp³-hybridized carbons (Fsp3) is 0.385. The number of aliphatic hydroxyl groups excluding tert-OH is 1. The molecule has 1 rings (SSSR count). The van der Waals surface area contributed by atoms with E-state index in [1.807, 2.05) is 25.1 Å². The van der Waals surface area contributed by atoms with Gasteiger partial charge >= 0.3 is 0 Å². The summed E-state index contributed by atoms with van der Waals surface area (Å²) in [5.74, 6) is 0. The number of aliphatic hydroxyl groups is 1. The van der Waals surface area contributed by atoms with Crippen molar-refractivity contribution in [2.24, 2.45) is 0 Å². The molecule has 1 aromatic carbocycles. The van der Waals surface area contributed by atoms with Gasteiger partial charge < -0.3 is 10.8 Å². The highest BCUT2D eigenvalue weighted by molar-refractivity contribution is 5.49. The first-order valence-electron chi connectivity index (χ1n) is 5.47. The number of anilines is 1. The normalized spacial score (nSPS) is 10.7. The lowest BCUT2D eigenvalue weighted by Crippen LogP contribution is -2.27. The van der Waals surface area contributed by atoms with E-state index < -0.39 is 0 Å². The molecule has 0 saturated heterocycles. The van der Waals surface area contributed by atoms with Gasteiger partial charge in [-0.05, 0) is 24.1 Å². The summed E-state index contributed by atoms with van der Waals surface area (Å²) >= 11 is 0. The van der Waals surface area contributed by atoms with Crippen molar-refractivity contribution in [1.82, 2.24) is 4.90 Å². The summed E-state index contributed by atoms with van der Waals surface area (Å²) in [6.07, 6.45) is 1.84. The van der Waals surface area contributed by atoms with Crippen LogP contribution in [0.1, 0.15) is 11.1 Å². The molecule has 0 spiro atoms. The van der Waals surface area contributed by atoms with Gasteiger partial charge in [0.15, 0.2) is 0 Å². The van der Waals surface area contributed by atoms with Crippen LogP contribution >= 0.6 is 0 Å². The highest BCUT2D eigenvalue weighted by atomic mass is 16.3. The number of hydrogen-bond donors (Lipinski definition) is 2. The third-order valence-electron chi connectivity index (χ3n) is 2.69. The first-order chi connectivity index (χ1) is 7.69. The smallest absolute Gasteiger partial charge is 0.0558 e. The second kappa shape index (κ2) is 6.30. The molecule has 0 atom stereocenters. The molecule has 0 radical (unpaired) electrons. The van der Waals surface area contributed by atoms with Crippen LogP contribution in [0.15, 0.2) is 30.9 Å². The van der Waals surface area contributed by atoms with Crippen molar-refractivity contribution in [3.05, 3.63) is 42.0 Å². The van der Waals surface area contributed by atoms with Gasteiger partial charge in [-0.3, -0.25) is 4.90 Å². The fourth-order valence-electron chi connectivity index (χ4n) is 1.67. The van der Waals surface area contributed by atoms with Crippen molar-refractivity contribution in [2.75, 3.05) is 25.4 Å². The van der Waals surface area contributed by atoms with E-state index in [-0.39, 0.29) is 6.61 Å². The third kappa shape index (κ3) is 3.36. The molecule has 1 aromatic rings. The molecule has 0 fully saturated rings. The maximum Gasteiger partial charge on any atom is 0.0558 e. The summed E-state index contributed by atoms with van der Waals surface area (Å²) in [4.78, 5) is 2.13. The molecule has 0 aliphatic carbocycles. The Hall–Kier alpha value is -1.32. The van der Waals surface area contributed by atoms with Crippen LogP contribution in [0.4, 0.5) is 5.69 Å². The molecular formula is C13H20N2O. The molecule has 0 bridgehead atoms. The topological polar surface area (TPSA) is 49.5 Å². The number of hydrogen-bond acceptors (Lipinski definition) is 3. The molecule has 3 N–H and O–H groups in total. The molecule has 0 aromatic heterocycles. The Bertz CT molecular complexity index is 350. The van der Waals surface area contributed by atoms with Gasteiger partial charge in [-0.2, -0.15) is 0 Å². The zero-order valence-corrected chi connectivity index (χ0v) is 9.82. The van der Waals surface area contributed by atoms with Gasteiger partial charge in [0, 0.05) is 25.3 Å². The van der Waals surface area contributed by atoms with E-state index in [2.05, 4.69) is 17.5 Å². The number of nitrogens with zero attached hydrogens (tertiary/aromatic N) is 1. The SMILES string of the molecule is C=CCN(CCO)Cc1cccc(N)c1C. The summed E-state index contributed by atoms with van der Waals surface area (Å²) < 4.78 is 0. The maximum atomic E-state index is 8.96. The zero-order chi connectivity index (χ0) is 12.0. The summed E-state index contributed by atoms with van der Waals surface area (Å²) in [7, 11) is 0. The lowest BCUT2D eigenvalue weighted by atomic mass is 10.1. The van der Waals surface area contributed by atoms with Gasteiger partial charge in [-0.15, -0.1) is 6.58 Å². The lowest BCUT2D eigenvalue weighted by Gasteiger charge is -2.21. The van der Waals surface area contributed by atoms with Gasteiger partial charge in [0.05, 0.1) is 6.61 Å². The molecule has 0 saturated carbocycles. The van der Waals surface area contributed by atoms with Crippen molar-refractivity contribution < 1.29 is 5.11 Å². The molecular weight excluding hydrogens is 200 g/mol. The monoisotopic (exact) mass is 220 g/mol. The Balaban J connectivity index is 2.76. The van der Waals surface area contributed by atoms with Crippen molar-refractivity contribution in [3.63, 3.8) is 0 Å². The zero-order valence-electron chi connectivity index (χ0n) is 9.82. The number of rotatable bonds is 6. The van der Waals surface area contributed by atoms with Gasteiger partial charge in [-0.1, -0.05) is 18.2 Å². The lowest BCUT2D eigenvalue weighted by molar-refractivity contribution is 0.203. The molecule has 3 nitrogen and oxygen atoms in total. The standard InChI is InChI=1S/C13H20N2O/c1-3-7-15(8-9-16)10-12-5-4-6-13(14)11(12)2/h3-6,16H,1,7-10,14H2,2H3. The minimum Gasteiger partial charge on any atom is -0.399 e. The van der Waals surface area contributed by atoms with Crippen molar-refractivity contribution in [3.8, 4) is 0 Å². The molecule has 16 heavy (non-hydrogen) atoms. The minimum absolute atomic E-state index is 0.162. The third-order valence-corrected chi connectivity index (χ3v) is 2.69. The summed E-state index contributed by atoms with van der Waals surface area (Å²) in [6, 6.07) is 5.94. The van der Waals surface area contributed by atoms with E-state index in [1.54, 1.807) is 0 Å². The second-order valence-electron chi connectivity index (χ2n) is 3.88. The average Bonchev–Trinajstić information content (AvgIpc) is 2.25. The van der Waals surface area contributed by atoms with Gasteiger partial charge in [0.25, 0.3) is 0 Å². The van der Waals surface area contributed by atoms with E-state index in [0.717, 1.165) is 24.3 Å². The van der Waals surface area contributed by atoms with Crippen molar-refractivity contribution >= 4 is 5.69 Å². The number of nitrogens with two attached hydrogens (primary N) is 1. The van der Waals surface area contributed by atoms with Crippen molar-refractivity contribution in [1.29, 1.82) is 0 Å². The number of benzene rings is 1. The van der Waals surface area contributed by atoms with Crippen LogP contribution in [0, 0.1) is 6.92 Å². The van der Waals surface area contributed by atoms with E-state index in [9.17, 15) is 0 Å². The molecule has 88 valence electrons. The van der Waals surface area contributed by atoms with Crippen LogP contribution in [0.3, 0.4) is 0 Å². The Morgan fingerprint density at radius 1 is 1.50 bits per heavy atom. The predicted octanol–water partition coefficient (Wildman–Crippen LogP) is 1.56. The highest BCUT2D eigenvalue weighted by Crippen LogP contribution is 2.17. The first-order valence-corrected chi connectivity index (χ1v) is 5.47. The van der Waals surface area contributed by atoms with Gasteiger partial charge in [0.1, 0.15) is 0 Å². The summed E-state index contributed by atoms with van der Waals surface area (Å²) in [5.41, 5.74) is 9.00. The van der Waals surface area contributed by atoms with Crippen LogP contribution in [0.25, 0.3) is 0 Å².